The molecule has 1 N–H and O–H groups in total. The number of rotatable bonds is 6. The molecule has 3 heteroatoms. The molecule has 1 saturated carbocycles. The monoisotopic (exact) mass is 374 g/mol. The van der Waals surface area contributed by atoms with E-state index >= 15 is 0 Å². The van der Waals surface area contributed by atoms with E-state index in [1.165, 1.54) is 30.4 Å². The summed E-state index contributed by atoms with van der Waals surface area (Å²) in [5.74, 6) is 1.35. The van der Waals surface area contributed by atoms with E-state index in [4.69, 9.17) is 11.6 Å². The van der Waals surface area contributed by atoms with E-state index in [2.05, 4.69) is 19.9 Å². The Balaban J connectivity index is 1.67. The van der Waals surface area contributed by atoms with Crippen LogP contribution in [-0.2, 0) is 11.2 Å². The van der Waals surface area contributed by atoms with E-state index < -0.39 is 5.97 Å². The summed E-state index contributed by atoms with van der Waals surface area (Å²) in [6.07, 6.45) is 9.70. The first kappa shape index (κ1) is 19.5. The number of carboxylic acids is 1. The van der Waals surface area contributed by atoms with Crippen LogP contribution < -0.4 is 0 Å². The Bertz CT molecular complexity index is 649. The number of benzene rings is 1. The molecular formula is C23H31ClO2. The molecule has 0 amide bonds. The summed E-state index contributed by atoms with van der Waals surface area (Å²) < 4.78 is 0. The number of hydrogen-bond acceptors (Lipinski definition) is 1. The van der Waals surface area contributed by atoms with Gasteiger partial charge in [0.05, 0.1) is 5.92 Å². The highest BCUT2D eigenvalue weighted by molar-refractivity contribution is 6.30. The van der Waals surface area contributed by atoms with Crippen molar-refractivity contribution < 1.29 is 9.90 Å². The number of carbonyl (C=O) groups is 1. The maximum absolute atomic E-state index is 12.1. The molecule has 0 saturated heterocycles. The fourth-order valence-corrected chi connectivity index (χ4v) is 5.38. The minimum Gasteiger partial charge on any atom is -0.481 e. The van der Waals surface area contributed by atoms with E-state index in [-0.39, 0.29) is 5.92 Å². The molecule has 0 aliphatic heterocycles. The van der Waals surface area contributed by atoms with E-state index in [0.29, 0.717) is 17.8 Å². The molecule has 0 spiro atoms. The summed E-state index contributed by atoms with van der Waals surface area (Å²) >= 11 is 5.94. The van der Waals surface area contributed by atoms with Gasteiger partial charge >= 0.3 is 5.97 Å². The van der Waals surface area contributed by atoms with E-state index in [9.17, 15) is 9.90 Å². The lowest BCUT2D eigenvalue weighted by atomic mass is 9.59. The van der Waals surface area contributed by atoms with Crippen molar-refractivity contribution in [3.63, 3.8) is 0 Å². The average molecular weight is 375 g/mol. The van der Waals surface area contributed by atoms with Crippen molar-refractivity contribution in [2.24, 2.45) is 29.6 Å². The summed E-state index contributed by atoms with van der Waals surface area (Å²) in [5.41, 5.74) is 2.69. The molecule has 2 nitrogen and oxygen atoms in total. The molecule has 2 aliphatic carbocycles. The molecule has 2 aliphatic rings. The zero-order chi connectivity index (χ0) is 18.7. The molecule has 1 aromatic rings. The number of carboxylic acid groups (broad SMARTS) is 1. The molecule has 0 heterocycles. The maximum Gasteiger partial charge on any atom is 0.306 e. The first-order valence-corrected chi connectivity index (χ1v) is 10.5. The second-order valence-corrected chi connectivity index (χ2v) is 8.91. The minimum absolute atomic E-state index is 0.218. The summed E-state index contributed by atoms with van der Waals surface area (Å²) in [6, 6.07) is 7.91. The Morgan fingerprint density at radius 2 is 1.96 bits per heavy atom. The Morgan fingerprint density at radius 1 is 1.23 bits per heavy atom. The van der Waals surface area contributed by atoms with Gasteiger partial charge in [0.15, 0.2) is 0 Å². The zero-order valence-electron chi connectivity index (χ0n) is 16.0. The molecule has 26 heavy (non-hydrogen) atoms. The van der Waals surface area contributed by atoms with Crippen molar-refractivity contribution in [3.05, 3.63) is 46.5 Å². The molecule has 2 unspecified atom stereocenters. The van der Waals surface area contributed by atoms with Crippen LogP contribution in [0.2, 0.25) is 5.02 Å². The molecule has 3 rings (SSSR count). The quantitative estimate of drug-likeness (QED) is 0.586. The number of aryl methyl sites for hydroxylation is 1. The molecule has 142 valence electrons. The van der Waals surface area contributed by atoms with Gasteiger partial charge in [-0.3, -0.25) is 4.79 Å². The zero-order valence-corrected chi connectivity index (χ0v) is 16.7. The Morgan fingerprint density at radius 3 is 2.65 bits per heavy atom. The molecule has 0 radical (unpaired) electrons. The van der Waals surface area contributed by atoms with Crippen LogP contribution in [0.1, 0.15) is 57.9 Å². The molecular weight excluding hydrogens is 344 g/mol. The summed E-state index contributed by atoms with van der Waals surface area (Å²) in [4.78, 5) is 12.1. The summed E-state index contributed by atoms with van der Waals surface area (Å²) in [7, 11) is 0. The van der Waals surface area contributed by atoms with Crippen LogP contribution in [0.3, 0.4) is 0 Å². The van der Waals surface area contributed by atoms with E-state index in [0.717, 1.165) is 36.6 Å². The Hall–Kier alpha value is -1.28. The van der Waals surface area contributed by atoms with Crippen molar-refractivity contribution in [1.82, 2.24) is 0 Å². The SMILES string of the molecule is CC1=CC2[C@H](C(CCCc3ccc(Cl)cc3)C(=O)O)CC[C@@H](C)[C@@H]2CC1. The van der Waals surface area contributed by atoms with Crippen molar-refractivity contribution in [3.8, 4) is 0 Å². The highest BCUT2D eigenvalue weighted by Gasteiger charge is 2.42. The molecule has 1 fully saturated rings. The third-order valence-electron chi connectivity index (χ3n) is 6.75. The van der Waals surface area contributed by atoms with E-state index in [1.54, 1.807) is 0 Å². The number of fused-ring (bicyclic) bond motifs is 1. The van der Waals surface area contributed by atoms with Crippen LogP contribution in [0.5, 0.6) is 0 Å². The second-order valence-electron chi connectivity index (χ2n) is 8.47. The van der Waals surface area contributed by atoms with E-state index in [1.807, 2.05) is 24.3 Å². The number of hydrogen-bond donors (Lipinski definition) is 1. The van der Waals surface area contributed by atoms with Gasteiger partial charge in [-0.2, -0.15) is 0 Å². The van der Waals surface area contributed by atoms with Gasteiger partial charge in [0.1, 0.15) is 0 Å². The predicted octanol–water partition coefficient (Wildman–Crippen LogP) is 6.38. The van der Waals surface area contributed by atoms with Gasteiger partial charge in [-0.1, -0.05) is 48.7 Å². The lowest BCUT2D eigenvalue weighted by Crippen LogP contribution is -2.40. The van der Waals surface area contributed by atoms with Gasteiger partial charge in [-0.05, 0) is 86.8 Å². The highest BCUT2D eigenvalue weighted by atomic mass is 35.5. The van der Waals surface area contributed by atoms with Gasteiger partial charge in [-0.15, -0.1) is 0 Å². The van der Waals surface area contributed by atoms with Crippen molar-refractivity contribution in [2.75, 3.05) is 0 Å². The maximum atomic E-state index is 12.1. The smallest absolute Gasteiger partial charge is 0.306 e. The van der Waals surface area contributed by atoms with Crippen LogP contribution in [0.15, 0.2) is 35.9 Å². The highest BCUT2D eigenvalue weighted by Crippen LogP contribution is 2.48. The number of halogens is 1. The van der Waals surface area contributed by atoms with Gasteiger partial charge < -0.3 is 5.11 Å². The standard InChI is InChI=1S/C23H31ClO2/c1-15-6-12-19-16(2)7-13-20(22(19)14-15)21(23(25)26)5-3-4-17-8-10-18(24)11-9-17/h8-11,14,16,19-22H,3-7,12-13H2,1-2H3,(H,25,26)/t16-,19+,20+,21?,22?/m1/s1. The molecule has 1 aromatic carbocycles. The van der Waals surface area contributed by atoms with Crippen LogP contribution in [-0.4, -0.2) is 11.1 Å². The fourth-order valence-electron chi connectivity index (χ4n) is 5.26. The average Bonchev–Trinajstić information content (AvgIpc) is 2.61. The van der Waals surface area contributed by atoms with Crippen molar-refractivity contribution >= 4 is 17.6 Å². The van der Waals surface area contributed by atoms with Crippen LogP contribution in [0.4, 0.5) is 0 Å². The van der Waals surface area contributed by atoms with Crippen LogP contribution in [0, 0.1) is 29.6 Å². The van der Waals surface area contributed by atoms with Gasteiger partial charge in [0, 0.05) is 5.02 Å². The lowest BCUT2D eigenvalue weighted by molar-refractivity contribution is -0.146. The largest absolute Gasteiger partial charge is 0.481 e. The first-order chi connectivity index (χ1) is 12.5. The predicted molar refractivity (Wildman–Crippen MR) is 107 cm³/mol. The number of allylic oxidation sites excluding steroid dienone is 2. The topological polar surface area (TPSA) is 37.3 Å². The fraction of sp³-hybridized carbons (Fsp3) is 0.609. The molecule has 0 bridgehead atoms. The first-order valence-electron chi connectivity index (χ1n) is 10.1. The second kappa shape index (κ2) is 8.61. The third-order valence-corrected chi connectivity index (χ3v) is 7.00. The summed E-state index contributed by atoms with van der Waals surface area (Å²) in [6.45, 7) is 4.57. The number of aliphatic carboxylic acids is 1. The van der Waals surface area contributed by atoms with Crippen molar-refractivity contribution in [2.45, 2.75) is 58.8 Å². The summed E-state index contributed by atoms with van der Waals surface area (Å²) in [5, 5.41) is 10.7. The molecule has 0 aromatic heterocycles. The lowest BCUT2D eigenvalue weighted by Gasteiger charge is -2.45. The van der Waals surface area contributed by atoms with Gasteiger partial charge in [-0.25, -0.2) is 0 Å². The van der Waals surface area contributed by atoms with Gasteiger partial charge in [0.25, 0.3) is 0 Å². The minimum atomic E-state index is -0.601. The van der Waals surface area contributed by atoms with Crippen LogP contribution in [0.25, 0.3) is 0 Å². The third kappa shape index (κ3) is 4.52. The molecule has 5 atom stereocenters. The Labute approximate surface area is 162 Å². The van der Waals surface area contributed by atoms with Crippen molar-refractivity contribution in [1.29, 1.82) is 0 Å². The Kier molecular flexibility index (Phi) is 6.45. The van der Waals surface area contributed by atoms with Crippen LogP contribution >= 0.6 is 11.6 Å². The normalized spacial score (nSPS) is 29.6. The van der Waals surface area contributed by atoms with Gasteiger partial charge in [0.2, 0.25) is 0 Å².